The predicted molar refractivity (Wildman–Crippen MR) is 80.8 cm³/mol. The molecule has 3 unspecified atom stereocenters. The van der Waals surface area contributed by atoms with Crippen LogP contribution in [0.4, 0.5) is 0 Å². The van der Waals surface area contributed by atoms with E-state index in [4.69, 9.17) is 43.7 Å². The molecule has 3 saturated heterocycles. The van der Waals surface area contributed by atoms with Gasteiger partial charge in [-0.1, -0.05) is 0 Å². The van der Waals surface area contributed by atoms with Crippen LogP contribution < -0.4 is 0 Å². The SMILES string of the molecule is C(OCC1CO1)C(COCC1CO1)OCC1CO1.OCC(O)CO. The zero-order valence-electron chi connectivity index (χ0n) is 13.7. The molecule has 0 aromatic rings. The number of ether oxygens (including phenoxy) is 6. The summed E-state index contributed by atoms with van der Waals surface area (Å²) >= 11 is 0. The highest BCUT2D eigenvalue weighted by Gasteiger charge is 2.27. The Morgan fingerprint density at radius 1 is 0.792 bits per heavy atom. The van der Waals surface area contributed by atoms with Gasteiger partial charge in [0.15, 0.2) is 0 Å². The first-order valence-corrected chi connectivity index (χ1v) is 8.23. The lowest BCUT2D eigenvalue weighted by Crippen LogP contribution is -2.28. The summed E-state index contributed by atoms with van der Waals surface area (Å²) in [5, 5.41) is 24.0. The lowest BCUT2D eigenvalue weighted by atomic mass is 10.4. The van der Waals surface area contributed by atoms with E-state index in [2.05, 4.69) is 0 Å². The topological polar surface area (TPSA) is 126 Å². The van der Waals surface area contributed by atoms with Gasteiger partial charge in [-0.05, 0) is 0 Å². The van der Waals surface area contributed by atoms with Crippen LogP contribution in [0, 0.1) is 0 Å². The van der Waals surface area contributed by atoms with Crippen molar-refractivity contribution in [2.24, 2.45) is 0 Å². The van der Waals surface area contributed by atoms with E-state index in [1.165, 1.54) is 0 Å². The quantitative estimate of drug-likeness (QED) is 0.321. The molecule has 0 aromatic heterocycles. The Morgan fingerprint density at radius 3 is 1.54 bits per heavy atom. The lowest BCUT2D eigenvalue weighted by molar-refractivity contribution is -0.0661. The molecule has 3 aliphatic heterocycles. The first-order chi connectivity index (χ1) is 11.7. The third kappa shape index (κ3) is 10.5. The standard InChI is InChI=1S/C12H20O6.C3H8O3/c1(13-3-10-5-16-10)9(15-7-12-8-18-12)2-14-4-11-6-17-11;4-1-3(6)2-5/h9-12H,1-8H2;3-6H,1-2H2. The molecule has 3 fully saturated rings. The van der Waals surface area contributed by atoms with E-state index in [9.17, 15) is 0 Å². The normalized spacial score (nSPS) is 28.2. The molecule has 0 spiro atoms. The third-order valence-corrected chi connectivity index (χ3v) is 3.36. The highest BCUT2D eigenvalue weighted by Crippen LogP contribution is 2.13. The second-order valence-electron chi connectivity index (χ2n) is 5.92. The monoisotopic (exact) mass is 352 g/mol. The molecule has 0 radical (unpaired) electrons. The summed E-state index contributed by atoms with van der Waals surface area (Å²) in [7, 11) is 0. The van der Waals surface area contributed by atoms with Crippen molar-refractivity contribution in [3.8, 4) is 0 Å². The van der Waals surface area contributed by atoms with Gasteiger partial charge >= 0.3 is 0 Å². The Morgan fingerprint density at radius 2 is 1.21 bits per heavy atom. The summed E-state index contributed by atoms with van der Waals surface area (Å²) < 4.78 is 32.1. The maximum atomic E-state index is 8.17. The number of rotatable bonds is 13. The summed E-state index contributed by atoms with van der Waals surface area (Å²) in [6, 6.07) is 0. The minimum atomic E-state index is -0.954. The molecule has 3 heterocycles. The molecule has 0 aromatic carbocycles. The van der Waals surface area contributed by atoms with Crippen molar-refractivity contribution in [1.29, 1.82) is 0 Å². The number of hydrogen-bond acceptors (Lipinski definition) is 9. The van der Waals surface area contributed by atoms with Gasteiger partial charge in [-0.3, -0.25) is 0 Å². The smallest absolute Gasteiger partial charge is 0.104 e. The van der Waals surface area contributed by atoms with Crippen molar-refractivity contribution in [3.63, 3.8) is 0 Å². The van der Waals surface area contributed by atoms with Gasteiger partial charge < -0.3 is 43.7 Å². The first-order valence-electron chi connectivity index (χ1n) is 8.23. The minimum absolute atomic E-state index is 0.0355. The van der Waals surface area contributed by atoms with Crippen molar-refractivity contribution in [2.45, 2.75) is 30.5 Å². The average molecular weight is 352 g/mol. The van der Waals surface area contributed by atoms with Crippen molar-refractivity contribution in [3.05, 3.63) is 0 Å². The third-order valence-electron chi connectivity index (χ3n) is 3.36. The van der Waals surface area contributed by atoms with Crippen LogP contribution in [0.15, 0.2) is 0 Å². The van der Waals surface area contributed by atoms with Crippen molar-refractivity contribution in [2.75, 3.05) is 66.1 Å². The fraction of sp³-hybridized carbons (Fsp3) is 1.00. The van der Waals surface area contributed by atoms with E-state index >= 15 is 0 Å². The van der Waals surface area contributed by atoms with E-state index in [0.717, 1.165) is 19.8 Å². The van der Waals surface area contributed by atoms with E-state index in [1.54, 1.807) is 0 Å². The van der Waals surface area contributed by atoms with Crippen LogP contribution in [0.1, 0.15) is 0 Å². The first kappa shape index (κ1) is 20.0. The lowest BCUT2D eigenvalue weighted by Gasteiger charge is -2.17. The zero-order valence-corrected chi connectivity index (χ0v) is 13.7. The molecule has 3 atom stereocenters. The molecule has 0 aliphatic carbocycles. The Kier molecular flexibility index (Phi) is 9.39. The van der Waals surface area contributed by atoms with E-state index in [-0.39, 0.29) is 37.6 Å². The maximum Gasteiger partial charge on any atom is 0.104 e. The van der Waals surface area contributed by atoms with Crippen LogP contribution in [0.3, 0.4) is 0 Å². The van der Waals surface area contributed by atoms with E-state index < -0.39 is 6.10 Å². The van der Waals surface area contributed by atoms with Gasteiger partial charge in [0, 0.05) is 0 Å². The van der Waals surface area contributed by atoms with Crippen molar-refractivity contribution in [1.82, 2.24) is 0 Å². The van der Waals surface area contributed by atoms with Crippen LogP contribution in [0.5, 0.6) is 0 Å². The number of epoxide rings is 3. The van der Waals surface area contributed by atoms with Gasteiger partial charge in [-0.2, -0.15) is 0 Å². The molecule has 142 valence electrons. The van der Waals surface area contributed by atoms with Crippen LogP contribution >= 0.6 is 0 Å². The van der Waals surface area contributed by atoms with Crippen molar-refractivity contribution < 1.29 is 43.7 Å². The minimum Gasteiger partial charge on any atom is -0.394 e. The zero-order chi connectivity index (χ0) is 17.2. The van der Waals surface area contributed by atoms with Gasteiger partial charge in [0.25, 0.3) is 0 Å². The summed E-state index contributed by atoms with van der Waals surface area (Å²) in [6.07, 6.45) is -0.140. The molecule has 3 N–H and O–H groups in total. The molecule has 0 bridgehead atoms. The molecule has 3 aliphatic rings. The Bertz CT molecular complexity index is 296. The van der Waals surface area contributed by atoms with Crippen LogP contribution in [0.2, 0.25) is 0 Å². The van der Waals surface area contributed by atoms with E-state index in [1.807, 2.05) is 0 Å². The number of aliphatic hydroxyl groups excluding tert-OH is 3. The summed E-state index contributed by atoms with van der Waals surface area (Å²) in [5.74, 6) is 0. The average Bonchev–Trinajstić information content (AvgIpc) is 3.44. The van der Waals surface area contributed by atoms with Crippen LogP contribution in [-0.2, 0) is 28.4 Å². The number of hydrogen-bond donors (Lipinski definition) is 3. The molecule has 9 heteroatoms. The Labute approximate surface area is 141 Å². The second-order valence-corrected chi connectivity index (χ2v) is 5.92. The fourth-order valence-corrected chi connectivity index (χ4v) is 1.60. The maximum absolute atomic E-state index is 8.17. The van der Waals surface area contributed by atoms with Gasteiger partial charge in [-0.25, -0.2) is 0 Å². The fourth-order valence-electron chi connectivity index (χ4n) is 1.60. The van der Waals surface area contributed by atoms with Gasteiger partial charge in [0.05, 0.1) is 66.1 Å². The number of aliphatic hydroxyl groups is 3. The van der Waals surface area contributed by atoms with Crippen molar-refractivity contribution >= 4 is 0 Å². The molecule has 3 rings (SSSR count). The van der Waals surface area contributed by atoms with Crippen LogP contribution in [-0.4, -0.2) is 112 Å². The molecular weight excluding hydrogens is 324 g/mol. The van der Waals surface area contributed by atoms with Crippen LogP contribution in [0.25, 0.3) is 0 Å². The molecule has 24 heavy (non-hydrogen) atoms. The summed E-state index contributed by atoms with van der Waals surface area (Å²) in [6.45, 7) is 4.70. The summed E-state index contributed by atoms with van der Waals surface area (Å²) in [4.78, 5) is 0. The molecule has 9 nitrogen and oxygen atoms in total. The molecular formula is C15H28O9. The highest BCUT2D eigenvalue weighted by atomic mass is 16.6. The highest BCUT2D eigenvalue weighted by molar-refractivity contribution is 4.72. The Hall–Kier alpha value is -0.360. The van der Waals surface area contributed by atoms with Gasteiger partial charge in [0.2, 0.25) is 0 Å². The van der Waals surface area contributed by atoms with Gasteiger partial charge in [-0.15, -0.1) is 0 Å². The van der Waals surface area contributed by atoms with E-state index in [0.29, 0.717) is 33.0 Å². The molecule has 0 saturated carbocycles. The largest absolute Gasteiger partial charge is 0.394 e. The molecule has 0 amide bonds. The summed E-state index contributed by atoms with van der Waals surface area (Å²) in [5.41, 5.74) is 0. The second kappa shape index (κ2) is 11.3. The Balaban J connectivity index is 0.000000301. The predicted octanol–water partition coefficient (Wildman–Crippen LogP) is -2.07. The van der Waals surface area contributed by atoms with Gasteiger partial charge in [0.1, 0.15) is 30.5 Å².